The van der Waals surface area contributed by atoms with Crippen molar-refractivity contribution in [1.29, 1.82) is 5.26 Å². The van der Waals surface area contributed by atoms with E-state index < -0.39 is 23.9 Å². The zero-order valence-electron chi connectivity index (χ0n) is 12.9. The van der Waals surface area contributed by atoms with Crippen LogP contribution in [0.5, 0.6) is 5.75 Å². The molecule has 0 aliphatic heterocycles. The summed E-state index contributed by atoms with van der Waals surface area (Å²) in [7, 11) is 1.08. The highest BCUT2D eigenvalue weighted by Crippen LogP contribution is 2.32. The molecule has 10 heteroatoms. The summed E-state index contributed by atoms with van der Waals surface area (Å²) in [6.45, 7) is 1.38. The smallest absolute Gasteiger partial charge is 0.464 e. The Morgan fingerprint density at radius 2 is 2.00 bits per heavy atom. The number of halogens is 4. The molecule has 0 aliphatic rings. The molecule has 0 amide bonds. The molecule has 6 nitrogen and oxygen atoms in total. The fourth-order valence-electron chi connectivity index (χ4n) is 2.21. The molecular weight excluding hydrogens is 346 g/mol. The monoisotopic (exact) mass is 357 g/mol. The fraction of sp³-hybridized carbons (Fsp3) is 0.200. The summed E-state index contributed by atoms with van der Waals surface area (Å²) in [6, 6.07) is 3.32. The molecule has 0 spiro atoms. The van der Waals surface area contributed by atoms with E-state index in [9.17, 15) is 22.4 Å². The lowest BCUT2D eigenvalue weighted by Gasteiger charge is -2.15. The van der Waals surface area contributed by atoms with Crippen molar-refractivity contribution in [2.45, 2.75) is 13.3 Å². The Hall–Kier alpha value is -3.22. The van der Waals surface area contributed by atoms with Gasteiger partial charge in [-0.05, 0) is 18.6 Å². The number of hydrogen-bond acceptors (Lipinski definition) is 5. The van der Waals surface area contributed by atoms with Gasteiger partial charge in [-0.2, -0.15) is 5.26 Å². The van der Waals surface area contributed by atoms with Gasteiger partial charge in [0.15, 0.2) is 17.3 Å². The minimum absolute atomic E-state index is 0.000578. The summed E-state index contributed by atoms with van der Waals surface area (Å²) >= 11 is 0. The number of hydrogen-bond donors (Lipinski definition) is 1. The van der Waals surface area contributed by atoms with Gasteiger partial charge < -0.3 is 19.8 Å². The number of nitrogens with two attached hydrogens (primary N) is 1. The van der Waals surface area contributed by atoms with Crippen molar-refractivity contribution >= 4 is 11.7 Å². The van der Waals surface area contributed by atoms with Crippen LogP contribution < -0.4 is 10.5 Å². The van der Waals surface area contributed by atoms with Crippen molar-refractivity contribution < 1.29 is 31.8 Å². The lowest BCUT2D eigenvalue weighted by molar-refractivity contribution is -0.275. The number of carbonyl (C=O) groups excluding carboxylic acids is 1. The number of alkyl halides is 3. The first-order valence-corrected chi connectivity index (χ1v) is 6.64. The van der Waals surface area contributed by atoms with Crippen LogP contribution >= 0.6 is 0 Å². The number of nitrogens with zero attached hydrogens (tertiary/aromatic N) is 2. The predicted molar refractivity (Wildman–Crippen MR) is 77.6 cm³/mol. The number of anilines is 1. The number of rotatable bonds is 3. The first-order chi connectivity index (χ1) is 11.6. The minimum Gasteiger partial charge on any atom is -0.464 e. The fourth-order valence-corrected chi connectivity index (χ4v) is 2.21. The number of esters is 1. The highest BCUT2D eigenvalue weighted by atomic mass is 19.4. The Labute approximate surface area is 139 Å². The van der Waals surface area contributed by atoms with Crippen molar-refractivity contribution in [2.24, 2.45) is 0 Å². The molecule has 0 aliphatic carbocycles. The summed E-state index contributed by atoms with van der Waals surface area (Å²) in [4.78, 5) is 11.9. The number of ether oxygens (including phenoxy) is 2. The summed E-state index contributed by atoms with van der Waals surface area (Å²) in [5.74, 6) is -3.22. The van der Waals surface area contributed by atoms with Gasteiger partial charge in [-0.15, -0.1) is 13.2 Å². The quantitative estimate of drug-likeness (QED) is 0.673. The van der Waals surface area contributed by atoms with Crippen molar-refractivity contribution in [3.05, 3.63) is 41.0 Å². The Morgan fingerprint density at radius 1 is 1.36 bits per heavy atom. The average molecular weight is 357 g/mol. The standard InChI is InChI=1S/C15H11F4N3O3/c1-7-3-11(25-15(17,18)19)9(16)4-10(7)22-6-8(5-20)12(21)13(22)14(23)24-2/h3-4,6H,21H2,1-2H3. The first kappa shape index (κ1) is 18.1. The number of carbonyl (C=O) groups is 1. The van der Waals surface area contributed by atoms with Crippen LogP contribution in [0.25, 0.3) is 5.69 Å². The van der Waals surface area contributed by atoms with Crippen LogP contribution in [-0.4, -0.2) is 24.0 Å². The van der Waals surface area contributed by atoms with E-state index in [1.165, 1.54) is 6.92 Å². The van der Waals surface area contributed by atoms with E-state index in [0.717, 1.165) is 30.0 Å². The van der Waals surface area contributed by atoms with Crippen LogP contribution in [0.3, 0.4) is 0 Å². The number of nitrogen functional groups attached to an aromatic ring is 1. The second-order valence-corrected chi connectivity index (χ2v) is 4.90. The molecule has 0 fully saturated rings. The minimum atomic E-state index is -5.06. The third-order valence-electron chi connectivity index (χ3n) is 3.28. The lowest BCUT2D eigenvalue weighted by atomic mass is 10.1. The second kappa shape index (κ2) is 6.35. The van der Waals surface area contributed by atoms with Crippen molar-refractivity contribution in [2.75, 3.05) is 12.8 Å². The molecule has 132 valence electrons. The van der Waals surface area contributed by atoms with E-state index in [1.54, 1.807) is 6.07 Å². The Kier molecular flexibility index (Phi) is 4.60. The summed E-state index contributed by atoms with van der Waals surface area (Å²) in [5, 5.41) is 9.04. The van der Waals surface area contributed by atoms with Crippen LogP contribution in [0.2, 0.25) is 0 Å². The van der Waals surface area contributed by atoms with E-state index in [1.807, 2.05) is 0 Å². The number of benzene rings is 1. The Balaban J connectivity index is 2.66. The molecule has 0 unspecified atom stereocenters. The van der Waals surface area contributed by atoms with Crippen LogP contribution in [0.15, 0.2) is 18.3 Å². The number of aromatic nitrogens is 1. The van der Waals surface area contributed by atoms with E-state index in [0.29, 0.717) is 0 Å². The van der Waals surface area contributed by atoms with Crippen LogP contribution in [0.1, 0.15) is 21.6 Å². The van der Waals surface area contributed by atoms with Crippen LogP contribution in [0.4, 0.5) is 23.2 Å². The van der Waals surface area contributed by atoms with Gasteiger partial charge in [0.2, 0.25) is 0 Å². The van der Waals surface area contributed by atoms with Crippen molar-refractivity contribution in [1.82, 2.24) is 4.57 Å². The molecule has 25 heavy (non-hydrogen) atoms. The molecule has 2 rings (SSSR count). The molecular formula is C15H11F4N3O3. The van der Waals surface area contributed by atoms with Gasteiger partial charge >= 0.3 is 12.3 Å². The Morgan fingerprint density at radius 3 is 2.52 bits per heavy atom. The van der Waals surface area contributed by atoms with Crippen LogP contribution in [-0.2, 0) is 4.74 Å². The number of methoxy groups -OCH3 is 1. The van der Waals surface area contributed by atoms with Gasteiger partial charge in [0.25, 0.3) is 0 Å². The van der Waals surface area contributed by atoms with Gasteiger partial charge in [0.05, 0.1) is 24.0 Å². The molecule has 0 saturated heterocycles. The van der Waals surface area contributed by atoms with E-state index in [-0.39, 0.29) is 28.2 Å². The maximum atomic E-state index is 14.0. The third-order valence-corrected chi connectivity index (χ3v) is 3.28. The van der Waals surface area contributed by atoms with E-state index in [4.69, 9.17) is 11.0 Å². The molecule has 1 aromatic heterocycles. The van der Waals surface area contributed by atoms with E-state index >= 15 is 0 Å². The SMILES string of the molecule is COC(=O)c1c(N)c(C#N)cn1-c1cc(F)c(OC(F)(F)F)cc1C. The summed E-state index contributed by atoms with van der Waals surface area (Å²) in [6.07, 6.45) is -3.90. The van der Waals surface area contributed by atoms with Gasteiger partial charge in [0.1, 0.15) is 6.07 Å². The van der Waals surface area contributed by atoms with Gasteiger partial charge in [-0.3, -0.25) is 0 Å². The topological polar surface area (TPSA) is 90.3 Å². The molecule has 0 bridgehead atoms. The average Bonchev–Trinajstić information content (AvgIpc) is 2.85. The predicted octanol–water partition coefficient (Wildman–Crippen LogP) is 3.06. The molecule has 2 aromatic rings. The Bertz CT molecular complexity index is 882. The highest BCUT2D eigenvalue weighted by molar-refractivity contribution is 5.96. The maximum Gasteiger partial charge on any atom is 0.573 e. The molecule has 0 radical (unpaired) electrons. The zero-order chi connectivity index (χ0) is 18.9. The molecule has 1 heterocycles. The number of nitriles is 1. The molecule has 1 aromatic carbocycles. The summed E-state index contributed by atoms with van der Waals surface area (Å²) in [5.41, 5.74) is 5.36. The zero-order valence-corrected chi connectivity index (χ0v) is 12.9. The largest absolute Gasteiger partial charge is 0.573 e. The molecule has 0 saturated carbocycles. The number of aryl methyl sites for hydroxylation is 1. The first-order valence-electron chi connectivity index (χ1n) is 6.64. The summed E-state index contributed by atoms with van der Waals surface area (Å²) < 4.78 is 60.1. The third kappa shape index (κ3) is 3.50. The van der Waals surface area contributed by atoms with Gasteiger partial charge in [0, 0.05) is 12.3 Å². The van der Waals surface area contributed by atoms with Crippen LogP contribution in [0, 0.1) is 24.1 Å². The molecule has 2 N–H and O–H groups in total. The highest BCUT2D eigenvalue weighted by Gasteiger charge is 2.33. The molecule has 0 atom stereocenters. The maximum absolute atomic E-state index is 14.0. The van der Waals surface area contributed by atoms with Crippen molar-refractivity contribution in [3.8, 4) is 17.5 Å². The van der Waals surface area contributed by atoms with E-state index in [2.05, 4.69) is 9.47 Å². The normalized spacial score (nSPS) is 11.1. The second-order valence-electron chi connectivity index (χ2n) is 4.90. The van der Waals surface area contributed by atoms with Gasteiger partial charge in [-0.25, -0.2) is 9.18 Å². The van der Waals surface area contributed by atoms with Crippen molar-refractivity contribution in [3.63, 3.8) is 0 Å². The van der Waals surface area contributed by atoms with Gasteiger partial charge in [-0.1, -0.05) is 0 Å². The lowest BCUT2D eigenvalue weighted by Crippen LogP contribution is -2.18.